The molecule has 1 heteroatoms. The normalized spacial score (nSPS) is 31.2. The van der Waals surface area contributed by atoms with Gasteiger partial charge in [-0.3, -0.25) is 0 Å². The first-order valence-electron chi connectivity index (χ1n) is 5.24. The largest absolute Gasteiger partial charge is 0.327 e. The van der Waals surface area contributed by atoms with E-state index < -0.39 is 0 Å². The third-order valence-corrected chi connectivity index (χ3v) is 3.46. The molecule has 2 N–H and O–H groups in total. The Labute approximate surface area is 76.7 Å². The molecule has 0 aromatic heterocycles. The summed E-state index contributed by atoms with van der Waals surface area (Å²) in [4.78, 5) is 0. The fourth-order valence-electron chi connectivity index (χ4n) is 2.21. The molecule has 1 rings (SSSR count). The van der Waals surface area contributed by atoms with E-state index in [1.54, 1.807) is 0 Å². The van der Waals surface area contributed by atoms with Gasteiger partial charge in [0, 0.05) is 6.04 Å². The highest BCUT2D eigenvalue weighted by molar-refractivity contribution is 5.01. The van der Waals surface area contributed by atoms with Crippen molar-refractivity contribution in [3.8, 4) is 0 Å². The summed E-state index contributed by atoms with van der Waals surface area (Å²) >= 11 is 0. The second-order valence-corrected chi connectivity index (χ2v) is 5.14. The quantitative estimate of drug-likeness (QED) is 0.688. The highest BCUT2D eigenvalue weighted by Crippen LogP contribution is 2.54. The van der Waals surface area contributed by atoms with Gasteiger partial charge in [0.1, 0.15) is 0 Å². The molecular weight excluding hydrogens is 146 g/mol. The van der Waals surface area contributed by atoms with E-state index in [-0.39, 0.29) is 0 Å². The summed E-state index contributed by atoms with van der Waals surface area (Å²) < 4.78 is 0. The molecule has 0 bridgehead atoms. The predicted octanol–water partition coefficient (Wildman–Crippen LogP) is 2.80. The summed E-state index contributed by atoms with van der Waals surface area (Å²) in [6.07, 6.45) is 3.89. The van der Waals surface area contributed by atoms with Crippen LogP contribution in [0.1, 0.15) is 47.0 Å². The van der Waals surface area contributed by atoms with Gasteiger partial charge >= 0.3 is 0 Å². The lowest BCUT2D eigenvalue weighted by Gasteiger charge is -2.20. The van der Waals surface area contributed by atoms with Crippen molar-refractivity contribution in [1.82, 2.24) is 0 Å². The number of hydrogen-bond donors (Lipinski definition) is 1. The van der Waals surface area contributed by atoms with Gasteiger partial charge < -0.3 is 5.73 Å². The molecule has 3 atom stereocenters. The van der Waals surface area contributed by atoms with Gasteiger partial charge in [0.25, 0.3) is 0 Å². The van der Waals surface area contributed by atoms with Crippen LogP contribution in [0.25, 0.3) is 0 Å². The minimum absolute atomic E-state index is 0.444. The lowest BCUT2D eigenvalue weighted by molar-refractivity contribution is 0.352. The molecule has 3 unspecified atom stereocenters. The van der Waals surface area contributed by atoms with Gasteiger partial charge in [-0.15, -0.1) is 0 Å². The van der Waals surface area contributed by atoms with Crippen molar-refractivity contribution in [3.63, 3.8) is 0 Å². The summed E-state index contributed by atoms with van der Waals surface area (Å²) in [5.41, 5.74) is 6.73. The fourth-order valence-corrected chi connectivity index (χ4v) is 2.21. The van der Waals surface area contributed by atoms with Crippen LogP contribution in [0.5, 0.6) is 0 Å². The van der Waals surface area contributed by atoms with Gasteiger partial charge in [0.05, 0.1) is 0 Å². The Kier molecular flexibility index (Phi) is 2.82. The monoisotopic (exact) mass is 169 g/mol. The Morgan fingerprint density at radius 2 is 2.00 bits per heavy atom. The zero-order valence-electron chi connectivity index (χ0n) is 8.93. The second-order valence-electron chi connectivity index (χ2n) is 5.14. The van der Waals surface area contributed by atoms with Crippen LogP contribution in [0.15, 0.2) is 0 Å². The minimum atomic E-state index is 0.444. The molecule has 1 aliphatic carbocycles. The molecule has 72 valence electrons. The van der Waals surface area contributed by atoms with Crippen LogP contribution in [0.4, 0.5) is 0 Å². The van der Waals surface area contributed by atoms with Gasteiger partial charge in [0.2, 0.25) is 0 Å². The Morgan fingerprint density at radius 3 is 2.33 bits per heavy atom. The maximum absolute atomic E-state index is 6.18. The average molecular weight is 169 g/mol. The van der Waals surface area contributed by atoms with Gasteiger partial charge in [-0.25, -0.2) is 0 Å². The van der Waals surface area contributed by atoms with Crippen LogP contribution < -0.4 is 5.73 Å². The van der Waals surface area contributed by atoms with Crippen LogP contribution in [0.3, 0.4) is 0 Å². The van der Waals surface area contributed by atoms with Gasteiger partial charge in [0.15, 0.2) is 0 Å². The van der Waals surface area contributed by atoms with E-state index in [1.807, 2.05) is 0 Å². The van der Waals surface area contributed by atoms with Crippen molar-refractivity contribution in [2.75, 3.05) is 0 Å². The molecule has 1 nitrogen and oxygen atoms in total. The first kappa shape index (κ1) is 10.0. The highest BCUT2D eigenvalue weighted by Gasteiger charge is 2.49. The zero-order valence-corrected chi connectivity index (χ0v) is 8.93. The Bertz CT molecular complexity index is 151. The number of rotatable bonds is 4. The molecule has 0 saturated heterocycles. The van der Waals surface area contributed by atoms with Crippen molar-refractivity contribution < 1.29 is 0 Å². The van der Waals surface area contributed by atoms with Crippen LogP contribution in [0, 0.1) is 17.3 Å². The molecular formula is C11H23N. The molecule has 12 heavy (non-hydrogen) atoms. The lowest BCUT2D eigenvalue weighted by atomic mass is 9.91. The van der Waals surface area contributed by atoms with Crippen molar-refractivity contribution in [1.29, 1.82) is 0 Å². The van der Waals surface area contributed by atoms with Gasteiger partial charge in [-0.05, 0) is 30.1 Å². The molecule has 0 radical (unpaired) electrons. The smallest absolute Gasteiger partial charge is 0.00982 e. The van der Waals surface area contributed by atoms with E-state index in [0.717, 1.165) is 5.92 Å². The fraction of sp³-hybridized carbons (Fsp3) is 1.00. The van der Waals surface area contributed by atoms with E-state index in [1.165, 1.54) is 19.3 Å². The summed E-state index contributed by atoms with van der Waals surface area (Å²) in [7, 11) is 0. The molecule has 0 amide bonds. The lowest BCUT2D eigenvalue weighted by Crippen LogP contribution is -2.32. The van der Waals surface area contributed by atoms with Crippen molar-refractivity contribution in [3.05, 3.63) is 0 Å². The standard InChI is InChI=1S/C11H23N/c1-5-6-8(2)10(12)9-7-11(9,3)4/h8-10H,5-7,12H2,1-4H3. The highest BCUT2D eigenvalue weighted by atomic mass is 14.7. The Balaban J connectivity index is 2.34. The number of nitrogens with two attached hydrogens (primary N) is 1. The number of hydrogen-bond acceptors (Lipinski definition) is 1. The molecule has 0 aliphatic heterocycles. The van der Waals surface area contributed by atoms with Crippen molar-refractivity contribution >= 4 is 0 Å². The summed E-state index contributed by atoms with van der Waals surface area (Å²) in [5, 5.41) is 0. The maximum atomic E-state index is 6.18. The van der Waals surface area contributed by atoms with E-state index >= 15 is 0 Å². The zero-order chi connectivity index (χ0) is 9.35. The Morgan fingerprint density at radius 1 is 1.50 bits per heavy atom. The molecule has 1 aliphatic rings. The van der Waals surface area contributed by atoms with Gasteiger partial charge in [-0.1, -0.05) is 34.1 Å². The van der Waals surface area contributed by atoms with Crippen LogP contribution in [-0.4, -0.2) is 6.04 Å². The topological polar surface area (TPSA) is 26.0 Å². The van der Waals surface area contributed by atoms with E-state index in [9.17, 15) is 0 Å². The van der Waals surface area contributed by atoms with Crippen molar-refractivity contribution in [2.24, 2.45) is 23.0 Å². The van der Waals surface area contributed by atoms with Crippen LogP contribution in [-0.2, 0) is 0 Å². The van der Waals surface area contributed by atoms with Crippen LogP contribution in [0.2, 0.25) is 0 Å². The summed E-state index contributed by atoms with van der Waals surface area (Å²) in [5.74, 6) is 1.50. The average Bonchev–Trinajstić information content (AvgIpc) is 2.59. The predicted molar refractivity (Wildman–Crippen MR) is 53.9 cm³/mol. The SMILES string of the molecule is CCCC(C)C(N)C1CC1(C)C. The summed E-state index contributed by atoms with van der Waals surface area (Å²) in [6, 6.07) is 0.444. The third kappa shape index (κ3) is 2.01. The second kappa shape index (κ2) is 3.37. The first-order valence-corrected chi connectivity index (χ1v) is 5.24. The van der Waals surface area contributed by atoms with E-state index in [4.69, 9.17) is 5.73 Å². The molecule has 0 aromatic rings. The minimum Gasteiger partial charge on any atom is -0.327 e. The molecule has 0 aromatic carbocycles. The van der Waals surface area contributed by atoms with Crippen LogP contribution >= 0.6 is 0 Å². The van der Waals surface area contributed by atoms with Crippen molar-refractivity contribution in [2.45, 2.75) is 53.0 Å². The maximum Gasteiger partial charge on any atom is 0.00982 e. The molecule has 0 heterocycles. The third-order valence-electron chi connectivity index (χ3n) is 3.46. The summed E-state index contributed by atoms with van der Waals surface area (Å²) in [6.45, 7) is 9.19. The first-order chi connectivity index (χ1) is 5.49. The van der Waals surface area contributed by atoms with E-state index in [0.29, 0.717) is 17.4 Å². The molecule has 1 fully saturated rings. The Hall–Kier alpha value is -0.0400. The van der Waals surface area contributed by atoms with E-state index in [2.05, 4.69) is 27.7 Å². The van der Waals surface area contributed by atoms with Gasteiger partial charge in [-0.2, -0.15) is 0 Å². The molecule has 0 spiro atoms. The molecule has 1 saturated carbocycles.